The molecule has 0 bridgehead atoms. The van der Waals surface area contributed by atoms with Crippen LogP contribution in [0.25, 0.3) is 0 Å². The van der Waals surface area contributed by atoms with Crippen LogP contribution in [-0.2, 0) is 4.79 Å². The number of benzene rings is 1. The van der Waals surface area contributed by atoms with Gasteiger partial charge in [0.05, 0.1) is 0 Å². The monoisotopic (exact) mass is 460 g/mol. The predicted molar refractivity (Wildman–Crippen MR) is 117 cm³/mol. The zero-order valence-corrected chi connectivity index (χ0v) is 20.1. The molecule has 0 atom stereocenters. The van der Waals surface area contributed by atoms with Crippen molar-refractivity contribution >= 4 is 24.2 Å². The van der Waals surface area contributed by atoms with Crippen molar-refractivity contribution in [2.45, 2.75) is 79.5 Å². The van der Waals surface area contributed by atoms with E-state index in [0.29, 0.717) is 0 Å². The zero-order valence-electron chi connectivity index (χ0n) is 17.2. The van der Waals surface area contributed by atoms with Gasteiger partial charge in [-0.2, -0.15) is 0 Å². The molecule has 0 radical (unpaired) electrons. The molecule has 26 heavy (non-hydrogen) atoms. The van der Waals surface area contributed by atoms with Gasteiger partial charge >= 0.3 is 166 Å². The fourth-order valence-corrected chi connectivity index (χ4v) is 20.1. The summed E-state index contributed by atoms with van der Waals surface area (Å²) in [5.74, 6) is 6.75. The number of ketones is 1. The Morgan fingerprint density at radius 3 is 1.85 bits per heavy atom. The SMILES string of the molecule is CCC[CH2][Sn]([CH2]CCC)([CH2]CCC)/[C](=C\C#Cc1ccccc1)C(C)=O. The number of Topliss-reactive ketones (excluding diaryl/α,β-unsaturated/α-hetero) is 1. The number of hydrogen-bond acceptors (Lipinski definition) is 1. The molecule has 1 aromatic rings. The Bertz CT molecular complexity index is 597. The molecule has 1 aromatic carbocycles. The van der Waals surface area contributed by atoms with Gasteiger partial charge in [0.25, 0.3) is 0 Å². The minimum absolute atomic E-state index is 0.284. The van der Waals surface area contributed by atoms with Gasteiger partial charge in [-0.05, 0) is 0 Å². The van der Waals surface area contributed by atoms with Crippen molar-refractivity contribution < 1.29 is 4.79 Å². The van der Waals surface area contributed by atoms with Crippen LogP contribution in [0.2, 0.25) is 13.3 Å². The Morgan fingerprint density at radius 1 is 0.923 bits per heavy atom. The van der Waals surface area contributed by atoms with Crippen molar-refractivity contribution in [1.29, 1.82) is 0 Å². The molecule has 0 fully saturated rings. The average molecular weight is 459 g/mol. The molecule has 0 saturated carbocycles. The van der Waals surface area contributed by atoms with Crippen LogP contribution in [0.3, 0.4) is 0 Å². The first-order valence-corrected chi connectivity index (χ1v) is 17.9. The second-order valence-corrected chi connectivity index (χ2v) is 20.5. The van der Waals surface area contributed by atoms with Gasteiger partial charge in [0.15, 0.2) is 0 Å². The van der Waals surface area contributed by atoms with Crippen molar-refractivity contribution in [3.63, 3.8) is 0 Å². The summed E-state index contributed by atoms with van der Waals surface area (Å²) in [6.45, 7) is 8.57. The van der Waals surface area contributed by atoms with Crippen LogP contribution in [0.1, 0.15) is 71.8 Å². The second kappa shape index (κ2) is 13.2. The van der Waals surface area contributed by atoms with Gasteiger partial charge < -0.3 is 0 Å². The predicted octanol–water partition coefficient (Wildman–Crippen LogP) is 6.94. The van der Waals surface area contributed by atoms with E-state index in [0.717, 1.165) is 9.15 Å². The summed E-state index contributed by atoms with van der Waals surface area (Å²) in [7, 11) is 0. The molecule has 0 spiro atoms. The van der Waals surface area contributed by atoms with Gasteiger partial charge in [0.1, 0.15) is 0 Å². The number of carbonyl (C=O) groups is 1. The molecule has 1 rings (SSSR count). The van der Waals surface area contributed by atoms with Crippen molar-refractivity contribution in [1.82, 2.24) is 0 Å². The van der Waals surface area contributed by atoms with Crippen LogP contribution in [-0.4, -0.2) is 24.2 Å². The molecule has 0 N–H and O–H groups in total. The maximum absolute atomic E-state index is 12.6. The van der Waals surface area contributed by atoms with Crippen LogP contribution in [0, 0.1) is 11.8 Å². The third-order valence-corrected chi connectivity index (χ3v) is 21.1. The summed E-state index contributed by atoms with van der Waals surface area (Å²) in [5, 5.41) is 0. The number of rotatable bonds is 11. The van der Waals surface area contributed by atoms with E-state index in [1.807, 2.05) is 36.4 Å². The Kier molecular flexibility index (Phi) is 11.7. The van der Waals surface area contributed by atoms with Gasteiger partial charge in [-0.1, -0.05) is 0 Å². The Hall–Kier alpha value is -1.01. The van der Waals surface area contributed by atoms with E-state index in [4.69, 9.17) is 0 Å². The molecule has 0 heterocycles. The molecule has 0 unspecified atom stereocenters. The number of carbonyl (C=O) groups excluding carboxylic acids is 1. The molecule has 0 aromatic heterocycles. The molecule has 0 aliphatic rings. The summed E-state index contributed by atoms with van der Waals surface area (Å²) in [6, 6.07) is 10.1. The average Bonchev–Trinajstić information content (AvgIpc) is 2.66. The molecule has 0 aliphatic heterocycles. The Balaban J connectivity index is 3.25. The van der Waals surface area contributed by atoms with Crippen LogP contribution >= 0.6 is 0 Å². The molecular formula is C24H36OSn. The molecule has 142 valence electrons. The number of unbranched alkanes of at least 4 members (excludes halogenated alkanes) is 3. The first-order chi connectivity index (χ1) is 12.6. The van der Waals surface area contributed by atoms with Crippen molar-refractivity contribution in [2.75, 3.05) is 0 Å². The molecule has 0 aliphatic carbocycles. The van der Waals surface area contributed by atoms with E-state index >= 15 is 0 Å². The third-order valence-electron chi connectivity index (χ3n) is 5.18. The summed E-state index contributed by atoms with van der Waals surface area (Å²) in [6.07, 6.45) is 9.47. The fourth-order valence-electron chi connectivity index (χ4n) is 3.67. The van der Waals surface area contributed by atoms with Crippen molar-refractivity contribution in [3.8, 4) is 11.8 Å². The topological polar surface area (TPSA) is 17.1 Å². The molecule has 0 amide bonds. The second-order valence-electron chi connectivity index (χ2n) is 7.34. The van der Waals surface area contributed by atoms with E-state index in [1.54, 1.807) is 6.92 Å². The first kappa shape index (κ1) is 23.0. The van der Waals surface area contributed by atoms with Crippen LogP contribution in [0.5, 0.6) is 0 Å². The normalized spacial score (nSPS) is 11.8. The van der Waals surface area contributed by atoms with Crippen molar-refractivity contribution in [2.24, 2.45) is 0 Å². The minimum atomic E-state index is -2.69. The third kappa shape index (κ3) is 7.70. The van der Waals surface area contributed by atoms with E-state index in [9.17, 15) is 4.79 Å². The first-order valence-electron chi connectivity index (χ1n) is 10.4. The van der Waals surface area contributed by atoms with Gasteiger partial charge in [-0.15, -0.1) is 0 Å². The quantitative estimate of drug-likeness (QED) is 0.199. The summed E-state index contributed by atoms with van der Waals surface area (Å²) in [5.41, 5.74) is 1.02. The van der Waals surface area contributed by atoms with E-state index in [1.165, 1.54) is 51.8 Å². The Labute approximate surface area is 165 Å². The molecule has 1 nitrogen and oxygen atoms in total. The van der Waals surface area contributed by atoms with Crippen molar-refractivity contribution in [3.05, 3.63) is 45.6 Å². The Morgan fingerprint density at radius 2 is 1.42 bits per heavy atom. The van der Waals surface area contributed by atoms with Gasteiger partial charge in [0, 0.05) is 0 Å². The fraction of sp³-hybridized carbons (Fsp3) is 0.542. The van der Waals surface area contributed by atoms with E-state index in [2.05, 4.69) is 32.6 Å². The molecule has 2 heteroatoms. The zero-order chi connectivity index (χ0) is 19.3. The van der Waals surface area contributed by atoms with Crippen LogP contribution in [0.15, 0.2) is 40.0 Å². The van der Waals surface area contributed by atoms with Crippen LogP contribution in [0.4, 0.5) is 0 Å². The van der Waals surface area contributed by atoms with E-state index in [-0.39, 0.29) is 5.78 Å². The maximum atomic E-state index is 12.6. The summed E-state index contributed by atoms with van der Waals surface area (Å²) in [4.78, 5) is 12.6. The summed E-state index contributed by atoms with van der Waals surface area (Å²) >= 11 is -2.69. The number of allylic oxidation sites excluding steroid dienone is 2. The van der Waals surface area contributed by atoms with Gasteiger partial charge in [-0.25, -0.2) is 0 Å². The van der Waals surface area contributed by atoms with Gasteiger partial charge in [-0.3, -0.25) is 0 Å². The molecule has 0 saturated heterocycles. The number of hydrogen-bond donors (Lipinski definition) is 0. The standard InChI is InChI=1S/C12H9O.3C4H9.Sn/c1-11(13)7-5-6-10-12-8-3-2-4-9-12;3*1-3-4-2;/h2-5,8-9H,1H3;3*1,3-4H2,2H3;. The van der Waals surface area contributed by atoms with Crippen LogP contribution < -0.4 is 0 Å². The molecular weight excluding hydrogens is 423 g/mol. The van der Waals surface area contributed by atoms with E-state index < -0.39 is 18.4 Å². The van der Waals surface area contributed by atoms with Gasteiger partial charge in [0.2, 0.25) is 0 Å². The summed E-state index contributed by atoms with van der Waals surface area (Å²) < 4.78 is 5.09.